The number of ether oxygens (including phenoxy) is 1. The summed E-state index contributed by atoms with van der Waals surface area (Å²) in [7, 11) is 1.29. The van der Waals surface area contributed by atoms with Crippen LogP contribution in [0.5, 0.6) is 5.75 Å². The lowest BCUT2D eigenvalue weighted by atomic mass is 10.2. The lowest BCUT2D eigenvalue weighted by Gasteiger charge is -1.98. The number of hydrogen-bond acceptors (Lipinski definition) is 4. The van der Waals surface area contributed by atoms with Crippen molar-refractivity contribution in [3.05, 3.63) is 29.6 Å². The van der Waals surface area contributed by atoms with Crippen LogP contribution >= 0.6 is 0 Å². The predicted molar refractivity (Wildman–Crippen MR) is 51.7 cm³/mol. The lowest BCUT2D eigenvalue weighted by Crippen LogP contribution is -1.94. The Morgan fingerprint density at radius 1 is 1.57 bits per heavy atom. The van der Waals surface area contributed by atoms with E-state index in [2.05, 4.69) is 9.72 Å². The minimum atomic E-state index is -0.479. The van der Waals surface area contributed by atoms with Crippen molar-refractivity contribution in [2.24, 2.45) is 0 Å². The summed E-state index contributed by atoms with van der Waals surface area (Å²) in [6.45, 7) is 1.80. The van der Waals surface area contributed by atoms with Gasteiger partial charge in [-0.3, -0.25) is 0 Å². The molecular weight excluding hydrogens is 182 g/mol. The van der Waals surface area contributed by atoms with Gasteiger partial charge < -0.3 is 9.84 Å². The van der Waals surface area contributed by atoms with Gasteiger partial charge in [-0.05, 0) is 25.1 Å². The summed E-state index contributed by atoms with van der Waals surface area (Å²) >= 11 is 0. The van der Waals surface area contributed by atoms with Crippen LogP contribution in [-0.4, -0.2) is 23.2 Å². The summed E-state index contributed by atoms with van der Waals surface area (Å²) in [6, 6.07) is 3.21. The van der Waals surface area contributed by atoms with Gasteiger partial charge in [0, 0.05) is 11.8 Å². The van der Waals surface area contributed by atoms with Crippen molar-refractivity contribution in [1.82, 2.24) is 4.98 Å². The van der Waals surface area contributed by atoms with E-state index < -0.39 is 5.97 Å². The molecule has 1 N–H and O–H groups in total. The highest BCUT2D eigenvalue weighted by Crippen LogP contribution is 2.15. The smallest absolute Gasteiger partial charge is 0.330 e. The lowest BCUT2D eigenvalue weighted by molar-refractivity contribution is -0.134. The molecule has 1 aromatic heterocycles. The molecule has 4 nitrogen and oxygen atoms in total. The van der Waals surface area contributed by atoms with Gasteiger partial charge in [0.05, 0.1) is 7.11 Å². The highest BCUT2D eigenvalue weighted by atomic mass is 16.5. The SMILES string of the molecule is COC(=O)/C=C/c1nc(C)ccc1O. The maximum Gasteiger partial charge on any atom is 0.330 e. The zero-order valence-corrected chi connectivity index (χ0v) is 8.02. The second-order valence-corrected chi connectivity index (χ2v) is 2.71. The van der Waals surface area contributed by atoms with Gasteiger partial charge >= 0.3 is 5.97 Å². The van der Waals surface area contributed by atoms with E-state index in [1.165, 1.54) is 25.3 Å². The normalized spacial score (nSPS) is 10.4. The molecule has 0 fully saturated rings. The maximum atomic E-state index is 10.8. The summed E-state index contributed by atoms with van der Waals surface area (Å²) in [5.41, 5.74) is 1.13. The van der Waals surface area contributed by atoms with Gasteiger partial charge in [-0.15, -0.1) is 0 Å². The maximum absolute atomic E-state index is 10.8. The number of pyridine rings is 1. The van der Waals surface area contributed by atoms with Crippen molar-refractivity contribution in [3.8, 4) is 5.75 Å². The number of aromatic nitrogens is 1. The average Bonchev–Trinajstić information content (AvgIpc) is 2.19. The fraction of sp³-hybridized carbons (Fsp3) is 0.200. The Morgan fingerprint density at radius 2 is 2.29 bits per heavy atom. The van der Waals surface area contributed by atoms with Crippen molar-refractivity contribution >= 4 is 12.0 Å². The van der Waals surface area contributed by atoms with Gasteiger partial charge in [-0.1, -0.05) is 0 Å². The Balaban J connectivity index is 2.90. The summed E-state index contributed by atoms with van der Waals surface area (Å²) in [4.78, 5) is 14.8. The third-order valence-corrected chi connectivity index (χ3v) is 1.62. The molecule has 0 bridgehead atoms. The third kappa shape index (κ3) is 2.58. The molecule has 1 rings (SSSR count). The van der Waals surface area contributed by atoms with Crippen LogP contribution in [0.4, 0.5) is 0 Å². The first-order chi connectivity index (χ1) is 6.63. The number of aryl methyl sites for hydroxylation is 1. The van der Waals surface area contributed by atoms with Gasteiger partial charge in [0.15, 0.2) is 0 Å². The molecule has 0 amide bonds. The quantitative estimate of drug-likeness (QED) is 0.567. The Hall–Kier alpha value is -1.84. The first kappa shape index (κ1) is 10.2. The van der Waals surface area contributed by atoms with E-state index in [1.807, 2.05) is 0 Å². The summed E-state index contributed by atoms with van der Waals surface area (Å²) in [5.74, 6) is -0.441. The molecular formula is C10H11NO3. The molecule has 0 aromatic carbocycles. The number of carbonyl (C=O) groups is 1. The number of aromatic hydroxyl groups is 1. The molecule has 74 valence electrons. The van der Waals surface area contributed by atoms with Gasteiger partial charge in [0.2, 0.25) is 0 Å². The standard InChI is InChI=1S/C10H11NO3/c1-7-3-5-9(12)8(11-7)4-6-10(13)14-2/h3-6,12H,1-2H3/b6-4+. The molecule has 0 saturated carbocycles. The predicted octanol–water partition coefficient (Wildman–Crippen LogP) is 1.28. The number of esters is 1. The zero-order chi connectivity index (χ0) is 10.6. The molecule has 0 unspecified atom stereocenters. The Morgan fingerprint density at radius 3 is 2.93 bits per heavy atom. The number of carbonyl (C=O) groups excluding carboxylic acids is 1. The molecule has 0 aliphatic heterocycles. The molecule has 0 radical (unpaired) electrons. The molecule has 0 atom stereocenters. The van der Waals surface area contributed by atoms with E-state index in [0.717, 1.165) is 5.69 Å². The highest BCUT2D eigenvalue weighted by Gasteiger charge is 1.99. The van der Waals surface area contributed by atoms with Crippen LogP contribution in [0.25, 0.3) is 6.08 Å². The molecule has 0 saturated heterocycles. The fourth-order valence-corrected chi connectivity index (χ4v) is 0.907. The number of nitrogens with zero attached hydrogens (tertiary/aromatic N) is 1. The van der Waals surface area contributed by atoms with Crippen LogP contribution in [0, 0.1) is 6.92 Å². The van der Waals surface area contributed by atoms with Crippen LogP contribution in [0.1, 0.15) is 11.4 Å². The van der Waals surface area contributed by atoms with E-state index in [4.69, 9.17) is 0 Å². The largest absolute Gasteiger partial charge is 0.506 e. The summed E-state index contributed by atoms with van der Waals surface area (Å²) in [6.07, 6.45) is 2.62. The van der Waals surface area contributed by atoms with E-state index in [-0.39, 0.29) is 5.75 Å². The molecule has 1 heterocycles. The van der Waals surface area contributed by atoms with Crippen molar-refractivity contribution < 1.29 is 14.6 Å². The van der Waals surface area contributed by atoms with Crippen molar-refractivity contribution in [2.75, 3.05) is 7.11 Å². The van der Waals surface area contributed by atoms with Crippen LogP contribution < -0.4 is 0 Å². The second-order valence-electron chi connectivity index (χ2n) is 2.71. The molecule has 14 heavy (non-hydrogen) atoms. The Labute approximate surface area is 81.9 Å². The van der Waals surface area contributed by atoms with E-state index in [1.54, 1.807) is 13.0 Å². The molecule has 0 aliphatic rings. The summed E-state index contributed by atoms with van der Waals surface area (Å²) < 4.78 is 4.41. The Bertz CT molecular complexity index is 372. The third-order valence-electron chi connectivity index (χ3n) is 1.62. The van der Waals surface area contributed by atoms with Crippen LogP contribution in [0.2, 0.25) is 0 Å². The number of methoxy groups -OCH3 is 1. The topological polar surface area (TPSA) is 59.4 Å². The van der Waals surface area contributed by atoms with E-state index in [9.17, 15) is 9.90 Å². The van der Waals surface area contributed by atoms with Crippen LogP contribution in [0.3, 0.4) is 0 Å². The van der Waals surface area contributed by atoms with Gasteiger partial charge in [-0.2, -0.15) is 0 Å². The fourth-order valence-electron chi connectivity index (χ4n) is 0.907. The van der Waals surface area contributed by atoms with Crippen molar-refractivity contribution in [3.63, 3.8) is 0 Å². The average molecular weight is 193 g/mol. The van der Waals surface area contributed by atoms with Gasteiger partial charge in [0.1, 0.15) is 11.4 Å². The molecule has 4 heteroatoms. The van der Waals surface area contributed by atoms with Gasteiger partial charge in [0.25, 0.3) is 0 Å². The minimum absolute atomic E-state index is 0.0377. The number of hydrogen-bond donors (Lipinski definition) is 1. The second kappa shape index (κ2) is 4.41. The van der Waals surface area contributed by atoms with E-state index in [0.29, 0.717) is 5.69 Å². The Kier molecular flexibility index (Phi) is 3.23. The summed E-state index contributed by atoms with van der Waals surface area (Å²) in [5, 5.41) is 9.35. The van der Waals surface area contributed by atoms with Crippen molar-refractivity contribution in [1.29, 1.82) is 0 Å². The first-order valence-corrected chi connectivity index (χ1v) is 4.06. The highest BCUT2D eigenvalue weighted by molar-refractivity contribution is 5.87. The molecule has 0 spiro atoms. The molecule has 1 aromatic rings. The van der Waals surface area contributed by atoms with Gasteiger partial charge in [-0.25, -0.2) is 9.78 Å². The monoisotopic (exact) mass is 193 g/mol. The first-order valence-electron chi connectivity index (χ1n) is 4.06. The minimum Gasteiger partial charge on any atom is -0.506 e. The molecule has 0 aliphatic carbocycles. The van der Waals surface area contributed by atoms with Crippen LogP contribution in [-0.2, 0) is 9.53 Å². The van der Waals surface area contributed by atoms with Crippen molar-refractivity contribution in [2.45, 2.75) is 6.92 Å². The van der Waals surface area contributed by atoms with Crippen LogP contribution in [0.15, 0.2) is 18.2 Å². The number of rotatable bonds is 2. The van der Waals surface area contributed by atoms with E-state index >= 15 is 0 Å². The zero-order valence-electron chi connectivity index (χ0n) is 8.02.